The van der Waals surface area contributed by atoms with Crippen LogP contribution in [0.5, 0.6) is 0 Å². The maximum absolute atomic E-state index is 14.1. The monoisotopic (exact) mass is 583 g/mol. The van der Waals surface area contributed by atoms with E-state index < -0.39 is 34.1 Å². The van der Waals surface area contributed by atoms with E-state index in [0.29, 0.717) is 17.1 Å². The van der Waals surface area contributed by atoms with Crippen molar-refractivity contribution >= 4 is 39.1 Å². The molecule has 0 heterocycles. The van der Waals surface area contributed by atoms with Crippen molar-refractivity contribution in [1.82, 2.24) is 10.2 Å². The molecule has 1 atom stereocenters. The Hall–Kier alpha value is -3.36. The fourth-order valence-corrected chi connectivity index (χ4v) is 5.78. The van der Waals surface area contributed by atoms with Gasteiger partial charge in [-0.1, -0.05) is 66.0 Å². The van der Waals surface area contributed by atoms with E-state index in [-0.39, 0.29) is 17.3 Å². The molecule has 0 radical (unpaired) electrons. The summed E-state index contributed by atoms with van der Waals surface area (Å²) in [6.45, 7) is 11.0. The van der Waals surface area contributed by atoms with Gasteiger partial charge < -0.3 is 10.2 Å². The number of nitrogens with one attached hydrogen (secondary N) is 1. The molecule has 3 rings (SSSR count). The van der Waals surface area contributed by atoms with Crippen molar-refractivity contribution in [3.05, 3.63) is 94.5 Å². The lowest BCUT2D eigenvalue weighted by atomic mass is 10.1. The lowest BCUT2D eigenvalue weighted by Gasteiger charge is -2.34. The zero-order chi connectivity index (χ0) is 29.7. The normalized spacial score (nSPS) is 12.5. The first-order chi connectivity index (χ1) is 18.7. The molecule has 0 saturated heterocycles. The van der Waals surface area contributed by atoms with Crippen LogP contribution in [0.15, 0.2) is 77.7 Å². The number of sulfonamides is 1. The third-order valence-corrected chi connectivity index (χ3v) is 8.40. The summed E-state index contributed by atoms with van der Waals surface area (Å²) < 4.78 is 28.8. The van der Waals surface area contributed by atoms with Gasteiger partial charge in [-0.2, -0.15) is 0 Å². The highest BCUT2D eigenvalue weighted by atomic mass is 35.5. The average molecular weight is 584 g/mol. The maximum Gasteiger partial charge on any atom is 0.264 e. The van der Waals surface area contributed by atoms with Crippen molar-refractivity contribution < 1.29 is 18.0 Å². The van der Waals surface area contributed by atoms with Crippen LogP contribution in [0.2, 0.25) is 5.02 Å². The van der Waals surface area contributed by atoms with Crippen molar-refractivity contribution in [2.24, 2.45) is 0 Å². The highest BCUT2D eigenvalue weighted by Gasteiger charge is 2.34. The average Bonchev–Trinajstić information content (AvgIpc) is 2.88. The fraction of sp³-hybridized carbons (Fsp3) is 0.355. The summed E-state index contributed by atoms with van der Waals surface area (Å²) in [6.07, 6.45) is 0.355. The van der Waals surface area contributed by atoms with Crippen LogP contribution >= 0.6 is 11.6 Å². The van der Waals surface area contributed by atoms with Gasteiger partial charge in [0, 0.05) is 17.1 Å². The van der Waals surface area contributed by atoms with Gasteiger partial charge in [0.15, 0.2) is 0 Å². The van der Waals surface area contributed by atoms with Gasteiger partial charge in [0.1, 0.15) is 12.6 Å². The van der Waals surface area contributed by atoms with Gasteiger partial charge in [-0.15, -0.1) is 0 Å². The van der Waals surface area contributed by atoms with Crippen LogP contribution in [-0.4, -0.2) is 43.3 Å². The second-order valence-corrected chi connectivity index (χ2v) is 13.3. The lowest BCUT2D eigenvalue weighted by molar-refractivity contribution is -0.141. The lowest BCUT2D eigenvalue weighted by Crippen LogP contribution is -2.55. The molecule has 0 aliphatic heterocycles. The molecule has 40 heavy (non-hydrogen) atoms. The number of rotatable bonds is 10. The minimum Gasteiger partial charge on any atom is -0.350 e. The SMILES string of the molecule is CC[C@@H](C(=O)NC(C)(C)C)N(Cc1ccc(C)cc1)C(=O)CN(c1ccc(C)cc1)S(=O)(=O)c1ccc(Cl)cc1. The summed E-state index contributed by atoms with van der Waals surface area (Å²) in [4.78, 5) is 28.9. The number of hydrogen-bond acceptors (Lipinski definition) is 4. The second kappa shape index (κ2) is 12.9. The van der Waals surface area contributed by atoms with E-state index >= 15 is 0 Å². The molecule has 214 valence electrons. The summed E-state index contributed by atoms with van der Waals surface area (Å²) in [5.74, 6) is -0.785. The first kappa shape index (κ1) is 31.2. The zero-order valence-electron chi connectivity index (χ0n) is 23.9. The van der Waals surface area contributed by atoms with E-state index in [1.54, 1.807) is 24.3 Å². The van der Waals surface area contributed by atoms with Crippen molar-refractivity contribution in [2.75, 3.05) is 10.8 Å². The van der Waals surface area contributed by atoms with E-state index in [1.165, 1.54) is 29.2 Å². The number of carbonyl (C=O) groups excluding carboxylic acids is 2. The number of carbonyl (C=O) groups is 2. The third-order valence-electron chi connectivity index (χ3n) is 6.36. The summed E-state index contributed by atoms with van der Waals surface area (Å²) in [5, 5.41) is 3.38. The number of hydrogen-bond donors (Lipinski definition) is 1. The van der Waals surface area contributed by atoms with Crippen LogP contribution in [0.3, 0.4) is 0 Å². The summed E-state index contributed by atoms with van der Waals surface area (Å²) in [7, 11) is -4.15. The third kappa shape index (κ3) is 8.08. The van der Waals surface area contributed by atoms with Crippen molar-refractivity contribution in [2.45, 2.75) is 71.0 Å². The molecule has 0 saturated carbocycles. The number of benzene rings is 3. The van der Waals surface area contributed by atoms with E-state index in [9.17, 15) is 18.0 Å². The van der Waals surface area contributed by atoms with Crippen LogP contribution in [0.25, 0.3) is 0 Å². The minimum atomic E-state index is -4.15. The molecule has 0 aliphatic carbocycles. The summed E-state index contributed by atoms with van der Waals surface area (Å²) >= 11 is 6.01. The Balaban J connectivity index is 2.06. The molecule has 3 aromatic rings. The Labute approximate surface area is 243 Å². The molecule has 0 aromatic heterocycles. The molecule has 0 aliphatic rings. The van der Waals surface area contributed by atoms with E-state index in [2.05, 4.69) is 5.32 Å². The molecule has 3 aromatic carbocycles. The molecule has 0 spiro atoms. The molecular formula is C31H38ClN3O4S. The van der Waals surface area contributed by atoms with Gasteiger partial charge in [-0.25, -0.2) is 8.42 Å². The molecule has 0 unspecified atom stereocenters. The number of halogens is 1. The minimum absolute atomic E-state index is 0.00729. The topological polar surface area (TPSA) is 86.8 Å². The maximum atomic E-state index is 14.1. The number of aryl methyl sites for hydroxylation is 2. The second-order valence-electron chi connectivity index (χ2n) is 11.0. The van der Waals surface area contributed by atoms with Gasteiger partial charge in [-0.3, -0.25) is 13.9 Å². The summed E-state index contributed by atoms with van der Waals surface area (Å²) in [6, 6.07) is 19.7. The van der Waals surface area contributed by atoms with Crippen LogP contribution in [0.1, 0.15) is 50.8 Å². The van der Waals surface area contributed by atoms with Gasteiger partial charge in [0.2, 0.25) is 11.8 Å². The van der Waals surface area contributed by atoms with Crippen LogP contribution in [0, 0.1) is 13.8 Å². The summed E-state index contributed by atoms with van der Waals surface area (Å²) in [5.41, 5.74) is 2.69. The quantitative estimate of drug-likeness (QED) is 0.323. The Morgan fingerprint density at radius 3 is 1.90 bits per heavy atom. The first-order valence-electron chi connectivity index (χ1n) is 13.2. The Kier molecular flexibility index (Phi) is 10.0. The van der Waals surface area contributed by atoms with Crippen LogP contribution < -0.4 is 9.62 Å². The predicted octanol–water partition coefficient (Wildman–Crippen LogP) is 5.87. The van der Waals surface area contributed by atoms with Crippen LogP contribution in [0.4, 0.5) is 5.69 Å². The van der Waals surface area contributed by atoms with E-state index in [1.807, 2.05) is 65.8 Å². The van der Waals surface area contributed by atoms with Gasteiger partial charge in [0.25, 0.3) is 10.0 Å². The largest absolute Gasteiger partial charge is 0.350 e. The molecule has 0 fully saturated rings. The van der Waals surface area contributed by atoms with Crippen molar-refractivity contribution in [1.29, 1.82) is 0 Å². The zero-order valence-corrected chi connectivity index (χ0v) is 25.5. The predicted molar refractivity (Wildman–Crippen MR) is 161 cm³/mol. The smallest absolute Gasteiger partial charge is 0.264 e. The molecule has 0 bridgehead atoms. The molecule has 7 nitrogen and oxygen atoms in total. The molecular weight excluding hydrogens is 546 g/mol. The highest BCUT2D eigenvalue weighted by Crippen LogP contribution is 2.26. The number of nitrogens with zero attached hydrogens (tertiary/aromatic N) is 2. The fourth-order valence-electron chi connectivity index (χ4n) is 4.24. The number of anilines is 1. The molecule has 1 N–H and O–H groups in total. The van der Waals surface area contributed by atoms with Gasteiger partial charge in [0.05, 0.1) is 10.6 Å². The standard InChI is InChI=1S/C31H38ClN3O4S/c1-7-28(30(37)33-31(4,5)6)34(20-24-12-8-22(2)9-13-24)29(36)21-35(26-16-10-23(3)11-17-26)40(38,39)27-18-14-25(32)15-19-27/h8-19,28H,7,20-21H2,1-6H3,(H,33,37)/t28-/m0/s1. The van der Waals surface area contributed by atoms with Gasteiger partial charge in [-0.05, 0) is 83.0 Å². The Morgan fingerprint density at radius 2 is 1.40 bits per heavy atom. The van der Waals surface area contributed by atoms with Crippen molar-refractivity contribution in [3.8, 4) is 0 Å². The van der Waals surface area contributed by atoms with Crippen LogP contribution in [-0.2, 0) is 26.2 Å². The van der Waals surface area contributed by atoms with E-state index in [4.69, 9.17) is 11.6 Å². The Bertz CT molecular complexity index is 1420. The molecule has 9 heteroatoms. The van der Waals surface area contributed by atoms with Crippen molar-refractivity contribution in [3.63, 3.8) is 0 Å². The number of amides is 2. The Morgan fingerprint density at radius 1 is 0.875 bits per heavy atom. The highest BCUT2D eigenvalue weighted by molar-refractivity contribution is 7.92. The van der Waals surface area contributed by atoms with Gasteiger partial charge >= 0.3 is 0 Å². The molecule has 2 amide bonds. The van der Waals surface area contributed by atoms with E-state index in [0.717, 1.165) is 21.0 Å². The first-order valence-corrected chi connectivity index (χ1v) is 15.0.